The fourth-order valence-electron chi connectivity index (χ4n) is 2.16. The lowest BCUT2D eigenvalue weighted by atomic mass is 9.90. The number of hydrogen-bond donors (Lipinski definition) is 1. The number of sulfonamides is 1. The third-order valence-electron chi connectivity index (χ3n) is 3.53. The summed E-state index contributed by atoms with van der Waals surface area (Å²) in [4.78, 5) is -0.289. The van der Waals surface area contributed by atoms with Crippen molar-refractivity contribution in [3.63, 3.8) is 0 Å². The van der Waals surface area contributed by atoms with Crippen LogP contribution < -0.4 is 5.73 Å². The Morgan fingerprint density at radius 2 is 2.21 bits per heavy atom. The molecule has 1 aliphatic rings. The van der Waals surface area contributed by atoms with Gasteiger partial charge in [0, 0.05) is 17.6 Å². The van der Waals surface area contributed by atoms with E-state index in [0.29, 0.717) is 30.5 Å². The number of nitrogens with two attached hydrogens (primary N) is 1. The number of halogens is 2. The summed E-state index contributed by atoms with van der Waals surface area (Å²) in [6.45, 7) is 3.07. The Balaban J connectivity index is 2.36. The van der Waals surface area contributed by atoms with Crippen molar-refractivity contribution in [2.75, 3.05) is 19.6 Å². The molecule has 2 rings (SSSR count). The molecule has 1 unspecified atom stereocenters. The molecule has 0 bridgehead atoms. The van der Waals surface area contributed by atoms with E-state index in [1.165, 1.54) is 16.4 Å². The topological polar surface area (TPSA) is 63.4 Å². The molecule has 1 aromatic rings. The quantitative estimate of drug-likeness (QED) is 0.905. The predicted octanol–water partition coefficient (Wildman–Crippen LogP) is 1.95. The molecule has 1 saturated heterocycles. The van der Waals surface area contributed by atoms with Crippen molar-refractivity contribution in [3.05, 3.63) is 28.5 Å². The van der Waals surface area contributed by atoms with Crippen molar-refractivity contribution in [3.8, 4) is 0 Å². The molecule has 1 fully saturated rings. The van der Waals surface area contributed by atoms with E-state index in [4.69, 9.17) is 5.73 Å². The van der Waals surface area contributed by atoms with Gasteiger partial charge in [-0.25, -0.2) is 12.8 Å². The highest BCUT2D eigenvalue weighted by Gasteiger charge is 2.39. The zero-order valence-electron chi connectivity index (χ0n) is 10.6. The van der Waals surface area contributed by atoms with Crippen LogP contribution in [0.4, 0.5) is 4.39 Å². The molecule has 1 heterocycles. The summed E-state index contributed by atoms with van der Waals surface area (Å²) in [5.74, 6) is -0.732. The average Bonchev–Trinajstić information content (AvgIpc) is 2.76. The monoisotopic (exact) mass is 350 g/mol. The van der Waals surface area contributed by atoms with Crippen molar-refractivity contribution in [1.29, 1.82) is 0 Å². The number of benzene rings is 1. The largest absolute Gasteiger partial charge is 0.330 e. The van der Waals surface area contributed by atoms with Gasteiger partial charge in [0.15, 0.2) is 0 Å². The second-order valence-electron chi connectivity index (χ2n) is 5.18. The maximum atomic E-state index is 13.7. The number of nitrogens with zero attached hydrogens (tertiary/aromatic N) is 1. The van der Waals surface area contributed by atoms with Crippen molar-refractivity contribution in [2.24, 2.45) is 11.1 Å². The molecule has 0 aliphatic carbocycles. The summed E-state index contributed by atoms with van der Waals surface area (Å²) < 4.78 is 40.5. The van der Waals surface area contributed by atoms with E-state index in [0.717, 1.165) is 6.07 Å². The highest BCUT2D eigenvalue weighted by molar-refractivity contribution is 9.10. The van der Waals surface area contributed by atoms with Crippen LogP contribution in [0.15, 0.2) is 27.6 Å². The van der Waals surface area contributed by atoms with E-state index < -0.39 is 15.8 Å². The van der Waals surface area contributed by atoms with Gasteiger partial charge in [-0.05, 0) is 36.6 Å². The first-order valence-electron chi connectivity index (χ1n) is 5.94. The van der Waals surface area contributed by atoms with E-state index in [9.17, 15) is 12.8 Å². The lowest BCUT2D eigenvalue weighted by Gasteiger charge is -2.22. The maximum Gasteiger partial charge on any atom is 0.246 e. The molecule has 0 amide bonds. The first-order valence-corrected chi connectivity index (χ1v) is 8.17. The molecule has 106 valence electrons. The predicted molar refractivity (Wildman–Crippen MR) is 74.6 cm³/mol. The molecule has 0 saturated carbocycles. The Kier molecular flexibility index (Phi) is 4.02. The molecule has 7 heteroatoms. The van der Waals surface area contributed by atoms with E-state index in [1.807, 2.05) is 6.92 Å². The summed E-state index contributed by atoms with van der Waals surface area (Å²) in [6.07, 6.45) is 0.693. The van der Waals surface area contributed by atoms with Crippen LogP contribution in [0.5, 0.6) is 0 Å². The van der Waals surface area contributed by atoms with Gasteiger partial charge in [0.05, 0.1) is 0 Å². The smallest absolute Gasteiger partial charge is 0.246 e. The Morgan fingerprint density at radius 3 is 2.79 bits per heavy atom. The van der Waals surface area contributed by atoms with Gasteiger partial charge in [-0.1, -0.05) is 22.9 Å². The van der Waals surface area contributed by atoms with Crippen LogP contribution in [0.25, 0.3) is 0 Å². The second kappa shape index (κ2) is 5.12. The van der Waals surface area contributed by atoms with Crippen LogP contribution in [0.1, 0.15) is 13.3 Å². The van der Waals surface area contributed by atoms with Gasteiger partial charge >= 0.3 is 0 Å². The van der Waals surface area contributed by atoms with Gasteiger partial charge in [0.1, 0.15) is 10.7 Å². The van der Waals surface area contributed by atoms with E-state index in [-0.39, 0.29) is 10.3 Å². The average molecular weight is 351 g/mol. The van der Waals surface area contributed by atoms with Crippen LogP contribution in [-0.2, 0) is 10.0 Å². The summed E-state index contributed by atoms with van der Waals surface area (Å²) in [5, 5.41) is 0. The van der Waals surface area contributed by atoms with Gasteiger partial charge in [0.2, 0.25) is 10.0 Å². The van der Waals surface area contributed by atoms with E-state index >= 15 is 0 Å². The van der Waals surface area contributed by atoms with Crippen molar-refractivity contribution < 1.29 is 12.8 Å². The zero-order chi connectivity index (χ0) is 14.3. The maximum absolute atomic E-state index is 13.7. The SMILES string of the molecule is CC1(CN)CCN(S(=O)(=O)c2cc(Br)ccc2F)C1. The Labute approximate surface area is 121 Å². The first kappa shape index (κ1) is 14.9. The van der Waals surface area contributed by atoms with Crippen LogP contribution >= 0.6 is 15.9 Å². The Bertz CT molecular complexity index is 593. The highest BCUT2D eigenvalue weighted by Crippen LogP contribution is 2.33. The minimum Gasteiger partial charge on any atom is -0.330 e. The summed E-state index contributed by atoms with van der Waals surface area (Å²) in [6, 6.07) is 3.92. The van der Waals surface area contributed by atoms with Gasteiger partial charge in [-0.3, -0.25) is 0 Å². The zero-order valence-corrected chi connectivity index (χ0v) is 13.0. The lowest BCUT2D eigenvalue weighted by Crippen LogP contribution is -2.34. The molecule has 0 spiro atoms. The molecule has 1 aromatic carbocycles. The second-order valence-corrected chi connectivity index (χ2v) is 8.00. The molecule has 1 aliphatic heterocycles. The third-order valence-corrected chi connectivity index (χ3v) is 5.88. The van der Waals surface area contributed by atoms with Crippen LogP contribution in [0.2, 0.25) is 0 Å². The Morgan fingerprint density at radius 1 is 1.53 bits per heavy atom. The van der Waals surface area contributed by atoms with Crippen molar-refractivity contribution in [2.45, 2.75) is 18.2 Å². The van der Waals surface area contributed by atoms with Crippen LogP contribution in [-0.4, -0.2) is 32.4 Å². The van der Waals surface area contributed by atoms with Gasteiger partial charge < -0.3 is 5.73 Å². The lowest BCUT2D eigenvalue weighted by molar-refractivity contribution is 0.349. The highest BCUT2D eigenvalue weighted by atomic mass is 79.9. The van der Waals surface area contributed by atoms with E-state index in [1.54, 1.807) is 0 Å². The van der Waals surface area contributed by atoms with Gasteiger partial charge in [-0.2, -0.15) is 4.31 Å². The summed E-state index contributed by atoms with van der Waals surface area (Å²) >= 11 is 3.16. The summed E-state index contributed by atoms with van der Waals surface area (Å²) in [5.41, 5.74) is 5.44. The normalized spacial score (nSPS) is 24.8. The molecular formula is C12H16BrFN2O2S. The standard InChI is InChI=1S/C12H16BrFN2O2S/c1-12(7-15)4-5-16(8-12)19(17,18)11-6-9(13)2-3-10(11)14/h2-3,6H,4-5,7-8,15H2,1H3. The Hall–Kier alpha value is -0.500. The molecule has 4 nitrogen and oxygen atoms in total. The van der Waals surface area contributed by atoms with E-state index in [2.05, 4.69) is 15.9 Å². The molecule has 2 N–H and O–H groups in total. The molecular weight excluding hydrogens is 335 g/mol. The fourth-order valence-corrected chi connectivity index (χ4v) is 4.36. The first-order chi connectivity index (χ1) is 8.78. The number of hydrogen-bond acceptors (Lipinski definition) is 3. The van der Waals surface area contributed by atoms with Crippen LogP contribution in [0.3, 0.4) is 0 Å². The third kappa shape index (κ3) is 2.84. The van der Waals surface area contributed by atoms with Gasteiger partial charge in [0.25, 0.3) is 0 Å². The molecule has 0 aromatic heterocycles. The van der Waals surface area contributed by atoms with Crippen molar-refractivity contribution in [1.82, 2.24) is 4.31 Å². The summed E-state index contributed by atoms with van der Waals surface area (Å²) in [7, 11) is -3.80. The van der Waals surface area contributed by atoms with Crippen LogP contribution in [0, 0.1) is 11.2 Å². The van der Waals surface area contributed by atoms with Gasteiger partial charge in [-0.15, -0.1) is 0 Å². The fraction of sp³-hybridized carbons (Fsp3) is 0.500. The minimum absolute atomic E-state index is 0.227. The molecule has 1 atom stereocenters. The molecule has 0 radical (unpaired) electrons. The minimum atomic E-state index is -3.80. The van der Waals surface area contributed by atoms with Crippen molar-refractivity contribution >= 4 is 26.0 Å². The number of rotatable bonds is 3. The molecule has 19 heavy (non-hydrogen) atoms.